The Balaban J connectivity index is 2.03. The van der Waals surface area contributed by atoms with E-state index in [9.17, 15) is 0 Å². The average Bonchev–Trinajstić information content (AvgIpc) is 2.87. The number of fused-ring (bicyclic) bond motifs is 1. The molecule has 1 aromatic carbocycles. The Morgan fingerprint density at radius 2 is 2.21 bits per heavy atom. The summed E-state index contributed by atoms with van der Waals surface area (Å²) in [5, 5.41) is 5.68. The van der Waals surface area contributed by atoms with Crippen molar-refractivity contribution in [2.45, 2.75) is 11.3 Å². The van der Waals surface area contributed by atoms with Crippen LogP contribution in [-0.4, -0.2) is 20.4 Å². The van der Waals surface area contributed by atoms with Gasteiger partial charge in [0, 0.05) is 10.6 Å². The van der Waals surface area contributed by atoms with Crippen molar-refractivity contribution >= 4 is 51.3 Å². The summed E-state index contributed by atoms with van der Waals surface area (Å²) in [4.78, 5) is 5.43. The summed E-state index contributed by atoms with van der Waals surface area (Å²) in [6.45, 7) is 2.10. The molecule has 3 rings (SSSR count). The van der Waals surface area contributed by atoms with Crippen molar-refractivity contribution in [2.24, 2.45) is 0 Å². The van der Waals surface area contributed by atoms with Gasteiger partial charge in [-0.1, -0.05) is 53.2 Å². The zero-order valence-electron chi connectivity index (χ0n) is 9.93. The smallest absolute Gasteiger partial charge is 0.213 e. The third-order valence-electron chi connectivity index (χ3n) is 2.50. The molecule has 7 heteroatoms. The normalized spacial score (nSPS) is 11.3. The van der Waals surface area contributed by atoms with Crippen molar-refractivity contribution in [3.8, 4) is 11.3 Å². The standard InChI is InChI=1S/C12H9Cl2N3S2/c1-2-18-12-16-17-6-10(15-11(17)19-12)8-4-3-7(13)5-9(8)14/h3-6H,2H2,1H3. The van der Waals surface area contributed by atoms with Gasteiger partial charge in [0.2, 0.25) is 4.96 Å². The molecule has 0 bridgehead atoms. The minimum Gasteiger partial charge on any atom is -0.217 e. The molecule has 3 nitrogen and oxygen atoms in total. The van der Waals surface area contributed by atoms with Crippen molar-refractivity contribution < 1.29 is 0 Å². The summed E-state index contributed by atoms with van der Waals surface area (Å²) in [6.07, 6.45) is 1.89. The fourth-order valence-electron chi connectivity index (χ4n) is 1.69. The summed E-state index contributed by atoms with van der Waals surface area (Å²) in [7, 11) is 0. The topological polar surface area (TPSA) is 30.2 Å². The van der Waals surface area contributed by atoms with E-state index in [-0.39, 0.29) is 0 Å². The number of imidazole rings is 1. The highest BCUT2D eigenvalue weighted by molar-refractivity contribution is 8.01. The summed E-state index contributed by atoms with van der Waals surface area (Å²) in [5.41, 5.74) is 1.68. The van der Waals surface area contributed by atoms with Crippen LogP contribution in [0.3, 0.4) is 0 Å². The Bertz CT molecular complexity index is 704. The summed E-state index contributed by atoms with van der Waals surface area (Å²) in [6, 6.07) is 5.40. The number of thioether (sulfide) groups is 1. The maximum Gasteiger partial charge on any atom is 0.213 e. The van der Waals surface area contributed by atoms with Gasteiger partial charge in [-0.15, -0.1) is 5.10 Å². The first-order valence-corrected chi connectivity index (χ1v) is 8.17. The maximum absolute atomic E-state index is 6.18. The summed E-state index contributed by atoms with van der Waals surface area (Å²) >= 11 is 15.4. The maximum atomic E-state index is 6.18. The van der Waals surface area contributed by atoms with Crippen molar-refractivity contribution in [1.29, 1.82) is 0 Å². The number of benzene rings is 1. The molecule has 3 aromatic rings. The van der Waals surface area contributed by atoms with Gasteiger partial charge in [0.05, 0.1) is 16.9 Å². The fourth-order valence-corrected chi connectivity index (χ4v) is 4.02. The summed E-state index contributed by atoms with van der Waals surface area (Å²) in [5.74, 6) is 1.01. The molecule has 0 atom stereocenters. The van der Waals surface area contributed by atoms with Gasteiger partial charge in [-0.05, 0) is 24.0 Å². The molecule has 0 aliphatic rings. The van der Waals surface area contributed by atoms with Crippen molar-refractivity contribution in [3.63, 3.8) is 0 Å². The van der Waals surface area contributed by atoms with Gasteiger partial charge in [0.1, 0.15) is 0 Å². The Kier molecular flexibility index (Phi) is 3.71. The lowest BCUT2D eigenvalue weighted by atomic mass is 10.2. The van der Waals surface area contributed by atoms with Crippen LogP contribution >= 0.6 is 46.3 Å². The third-order valence-corrected chi connectivity index (χ3v) is 4.99. The lowest BCUT2D eigenvalue weighted by Crippen LogP contribution is -1.82. The molecular formula is C12H9Cl2N3S2. The van der Waals surface area contributed by atoms with Gasteiger partial charge in [0.25, 0.3) is 0 Å². The second kappa shape index (κ2) is 5.32. The molecule has 0 unspecified atom stereocenters. The first-order valence-electron chi connectivity index (χ1n) is 5.62. The molecule has 2 aromatic heterocycles. The number of hydrogen-bond acceptors (Lipinski definition) is 4. The fraction of sp³-hybridized carbons (Fsp3) is 0.167. The molecule has 0 radical (unpaired) electrons. The minimum absolute atomic E-state index is 0.599. The van der Waals surface area contributed by atoms with Crippen LogP contribution in [0.4, 0.5) is 0 Å². The van der Waals surface area contributed by atoms with E-state index >= 15 is 0 Å². The van der Waals surface area contributed by atoms with E-state index in [1.807, 2.05) is 18.3 Å². The Hall–Kier alpha value is -0.750. The van der Waals surface area contributed by atoms with Gasteiger partial charge in [0.15, 0.2) is 4.34 Å². The largest absolute Gasteiger partial charge is 0.217 e. The van der Waals surface area contributed by atoms with Crippen molar-refractivity contribution in [2.75, 3.05) is 5.75 Å². The van der Waals surface area contributed by atoms with E-state index in [1.165, 1.54) is 0 Å². The van der Waals surface area contributed by atoms with Crippen LogP contribution in [0.1, 0.15) is 6.92 Å². The lowest BCUT2D eigenvalue weighted by molar-refractivity contribution is 0.915. The van der Waals surface area contributed by atoms with Gasteiger partial charge < -0.3 is 0 Å². The van der Waals surface area contributed by atoms with E-state index in [1.54, 1.807) is 33.7 Å². The van der Waals surface area contributed by atoms with Crippen LogP contribution in [0, 0.1) is 0 Å². The molecule has 98 valence electrons. The Labute approximate surface area is 128 Å². The zero-order valence-corrected chi connectivity index (χ0v) is 13.1. The first-order chi connectivity index (χ1) is 9.17. The SMILES string of the molecule is CCSc1nn2cc(-c3ccc(Cl)cc3Cl)nc2s1. The van der Waals surface area contributed by atoms with Crippen LogP contribution < -0.4 is 0 Å². The average molecular weight is 330 g/mol. The van der Waals surface area contributed by atoms with E-state index in [0.29, 0.717) is 10.0 Å². The number of rotatable bonds is 3. The monoisotopic (exact) mass is 329 g/mol. The molecule has 19 heavy (non-hydrogen) atoms. The zero-order chi connectivity index (χ0) is 13.4. The Morgan fingerprint density at radius 3 is 2.89 bits per heavy atom. The minimum atomic E-state index is 0.599. The van der Waals surface area contributed by atoms with Gasteiger partial charge in [-0.3, -0.25) is 0 Å². The predicted octanol–water partition coefficient (Wildman–Crippen LogP) is 4.88. The highest BCUT2D eigenvalue weighted by Gasteiger charge is 2.12. The quantitative estimate of drug-likeness (QED) is 0.641. The number of halogens is 2. The Morgan fingerprint density at radius 1 is 1.37 bits per heavy atom. The van der Waals surface area contributed by atoms with E-state index in [2.05, 4.69) is 17.0 Å². The second-order valence-electron chi connectivity index (χ2n) is 3.78. The molecule has 0 saturated heterocycles. The number of nitrogens with zero attached hydrogens (tertiary/aromatic N) is 3. The van der Waals surface area contributed by atoms with Gasteiger partial charge in [-0.25, -0.2) is 9.50 Å². The van der Waals surface area contributed by atoms with Crippen LogP contribution in [0.2, 0.25) is 10.0 Å². The van der Waals surface area contributed by atoms with Crippen LogP contribution in [-0.2, 0) is 0 Å². The molecule has 0 N–H and O–H groups in total. The van der Waals surface area contributed by atoms with E-state index < -0.39 is 0 Å². The second-order valence-corrected chi connectivity index (χ2v) is 7.09. The predicted molar refractivity (Wildman–Crippen MR) is 82.7 cm³/mol. The van der Waals surface area contributed by atoms with Crippen LogP contribution in [0.15, 0.2) is 28.7 Å². The van der Waals surface area contributed by atoms with Gasteiger partial charge in [-0.2, -0.15) is 0 Å². The molecule has 2 heterocycles. The molecular weight excluding hydrogens is 321 g/mol. The van der Waals surface area contributed by atoms with Crippen LogP contribution in [0.25, 0.3) is 16.2 Å². The molecule has 0 aliphatic heterocycles. The highest BCUT2D eigenvalue weighted by Crippen LogP contribution is 2.32. The molecule has 0 fully saturated rings. The molecule has 0 spiro atoms. The molecule has 0 aliphatic carbocycles. The highest BCUT2D eigenvalue weighted by atomic mass is 35.5. The summed E-state index contributed by atoms with van der Waals surface area (Å²) < 4.78 is 2.82. The lowest BCUT2D eigenvalue weighted by Gasteiger charge is -2.00. The van der Waals surface area contributed by atoms with E-state index in [0.717, 1.165) is 26.3 Å². The first kappa shape index (κ1) is 13.2. The number of aromatic nitrogens is 3. The third kappa shape index (κ3) is 2.60. The van der Waals surface area contributed by atoms with Crippen molar-refractivity contribution in [1.82, 2.24) is 14.6 Å². The van der Waals surface area contributed by atoms with Crippen molar-refractivity contribution in [3.05, 3.63) is 34.4 Å². The molecule has 0 saturated carbocycles. The molecule has 0 amide bonds. The van der Waals surface area contributed by atoms with E-state index in [4.69, 9.17) is 23.2 Å². The van der Waals surface area contributed by atoms with Gasteiger partial charge >= 0.3 is 0 Å². The number of hydrogen-bond donors (Lipinski definition) is 0. The van der Waals surface area contributed by atoms with Crippen LogP contribution in [0.5, 0.6) is 0 Å².